The maximum Gasteiger partial charge on any atom is 0.227 e. The monoisotopic (exact) mass is 252 g/mol. The number of anilines is 2. The molecule has 0 aliphatic carbocycles. The molecule has 2 rings (SSSR count). The number of hydrogen-bond donors (Lipinski definition) is 0. The highest BCUT2D eigenvalue weighted by atomic mass is 35.5. The molecule has 1 amide bonds. The number of amides is 1. The number of benzene rings is 1. The Bertz CT molecular complexity index is 420. The van der Waals surface area contributed by atoms with Crippen molar-refractivity contribution in [2.24, 2.45) is 5.92 Å². The molecule has 0 N–H and O–H groups in total. The van der Waals surface area contributed by atoms with Crippen LogP contribution in [-0.4, -0.2) is 32.4 Å². The van der Waals surface area contributed by atoms with Crippen molar-refractivity contribution in [3.8, 4) is 0 Å². The van der Waals surface area contributed by atoms with Crippen LogP contribution in [0.1, 0.15) is 6.42 Å². The molecule has 1 heterocycles. The van der Waals surface area contributed by atoms with E-state index in [1.807, 2.05) is 48.2 Å². The summed E-state index contributed by atoms with van der Waals surface area (Å²) in [6, 6.07) is 8.02. The van der Waals surface area contributed by atoms with Crippen molar-refractivity contribution in [3.63, 3.8) is 0 Å². The molecule has 1 aromatic carbocycles. The van der Waals surface area contributed by atoms with E-state index in [1.165, 1.54) is 0 Å². The van der Waals surface area contributed by atoms with Crippen LogP contribution in [0.15, 0.2) is 24.3 Å². The number of halogens is 1. The zero-order valence-corrected chi connectivity index (χ0v) is 10.9. The van der Waals surface area contributed by atoms with E-state index in [2.05, 4.69) is 0 Å². The van der Waals surface area contributed by atoms with Crippen LogP contribution in [0.3, 0.4) is 0 Å². The van der Waals surface area contributed by atoms with Crippen molar-refractivity contribution < 1.29 is 4.79 Å². The van der Waals surface area contributed by atoms with Gasteiger partial charge in [-0.3, -0.25) is 4.79 Å². The Morgan fingerprint density at radius 3 is 2.82 bits per heavy atom. The molecule has 1 fully saturated rings. The van der Waals surface area contributed by atoms with E-state index >= 15 is 0 Å². The molecule has 1 aliphatic heterocycles. The molecule has 1 aliphatic rings. The second kappa shape index (κ2) is 4.96. The Kier molecular flexibility index (Phi) is 3.57. The zero-order chi connectivity index (χ0) is 12.4. The summed E-state index contributed by atoms with van der Waals surface area (Å²) in [6.45, 7) is 0.735. The molecule has 17 heavy (non-hydrogen) atoms. The lowest BCUT2D eigenvalue weighted by atomic mass is 10.1. The van der Waals surface area contributed by atoms with Gasteiger partial charge in [0.15, 0.2) is 0 Å². The van der Waals surface area contributed by atoms with Gasteiger partial charge < -0.3 is 9.80 Å². The first kappa shape index (κ1) is 12.2. The summed E-state index contributed by atoms with van der Waals surface area (Å²) >= 11 is 5.82. The van der Waals surface area contributed by atoms with Crippen molar-refractivity contribution in [2.45, 2.75) is 6.42 Å². The predicted molar refractivity (Wildman–Crippen MR) is 71.9 cm³/mol. The third-order valence-corrected chi connectivity index (χ3v) is 3.52. The SMILES string of the molecule is CN(C)c1cccc(N2CC(CCl)CC2=O)c1. The minimum atomic E-state index is 0.173. The Morgan fingerprint density at radius 2 is 2.24 bits per heavy atom. The quantitative estimate of drug-likeness (QED) is 0.771. The van der Waals surface area contributed by atoms with E-state index in [0.717, 1.165) is 17.9 Å². The van der Waals surface area contributed by atoms with Gasteiger partial charge in [0, 0.05) is 44.3 Å². The highest BCUT2D eigenvalue weighted by Gasteiger charge is 2.29. The zero-order valence-electron chi connectivity index (χ0n) is 10.2. The van der Waals surface area contributed by atoms with Gasteiger partial charge in [0.1, 0.15) is 0 Å². The Balaban J connectivity index is 2.22. The fourth-order valence-electron chi connectivity index (χ4n) is 2.07. The van der Waals surface area contributed by atoms with E-state index in [0.29, 0.717) is 12.3 Å². The van der Waals surface area contributed by atoms with Gasteiger partial charge in [-0.2, -0.15) is 0 Å². The van der Waals surface area contributed by atoms with Crippen molar-refractivity contribution in [1.29, 1.82) is 0 Å². The third-order valence-electron chi connectivity index (χ3n) is 3.08. The third kappa shape index (κ3) is 2.55. The van der Waals surface area contributed by atoms with Gasteiger partial charge in [-0.1, -0.05) is 6.07 Å². The summed E-state index contributed by atoms with van der Waals surface area (Å²) < 4.78 is 0. The van der Waals surface area contributed by atoms with Crippen molar-refractivity contribution in [1.82, 2.24) is 0 Å². The van der Waals surface area contributed by atoms with Crippen LogP contribution < -0.4 is 9.80 Å². The molecule has 0 aromatic heterocycles. The summed E-state index contributed by atoms with van der Waals surface area (Å²) in [6.07, 6.45) is 0.565. The average Bonchev–Trinajstić information content (AvgIpc) is 2.71. The first-order valence-corrected chi connectivity index (χ1v) is 6.29. The lowest BCUT2D eigenvalue weighted by Gasteiger charge is -2.19. The summed E-state index contributed by atoms with van der Waals surface area (Å²) in [5.41, 5.74) is 2.07. The summed E-state index contributed by atoms with van der Waals surface area (Å²) in [4.78, 5) is 15.7. The minimum absolute atomic E-state index is 0.173. The molecule has 1 unspecified atom stereocenters. The van der Waals surface area contributed by atoms with Crippen LogP contribution in [0.2, 0.25) is 0 Å². The fourth-order valence-corrected chi connectivity index (χ4v) is 2.28. The number of alkyl halides is 1. The van der Waals surface area contributed by atoms with E-state index in [9.17, 15) is 4.79 Å². The second-order valence-electron chi connectivity index (χ2n) is 4.64. The minimum Gasteiger partial charge on any atom is -0.378 e. The van der Waals surface area contributed by atoms with Crippen molar-refractivity contribution >= 4 is 28.9 Å². The number of carbonyl (C=O) groups is 1. The number of carbonyl (C=O) groups excluding carboxylic acids is 1. The Morgan fingerprint density at radius 1 is 1.47 bits per heavy atom. The molecule has 0 saturated carbocycles. The fraction of sp³-hybridized carbons (Fsp3) is 0.462. The molecule has 3 nitrogen and oxygen atoms in total. The van der Waals surface area contributed by atoms with E-state index in [4.69, 9.17) is 11.6 Å². The van der Waals surface area contributed by atoms with Gasteiger partial charge in [0.05, 0.1) is 0 Å². The lowest BCUT2D eigenvalue weighted by molar-refractivity contribution is -0.117. The maximum atomic E-state index is 11.9. The van der Waals surface area contributed by atoms with Crippen molar-refractivity contribution in [3.05, 3.63) is 24.3 Å². The van der Waals surface area contributed by atoms with Crippen LogP contribution >= 0.6 is 11.6 Å². The number of nitrogens with zero attached hydrogens (tertiary/aromatic N) is 2. The summed E-state index contributed by atoms with van der Waals surface area (Å²) in [5, 5.41) is 0. The first-order valence-electron chi connectivity index (χ1n) is 5.75. The van der Waals surface area contributed by atoms with Gasteiger partial charge in [-0.15, -0.1) is 11.6 Å². The molecule has 1 atom stereocenters. The van der Waals surface area contributed by atoms with Crippen LogP contribution in [0, 0.1) is 5.92 Å². The molecule has 0 radical (unpaired) electrons. The second-order valence-corrected chi connectivity index (χ2v) is 4.95. The average molecular weight is 253 g/mol. The van der Waals surface area contributed by atoms with E-state index < -0.39 is 0 Å². The molecule has 1 aromatic rings. The topological polar surface area (TPSA) is 23.6 Å². The van der Waals surface area contributed by atoms with Crippen LogP contribution in [0.25, 0.3) is 0 Å². The van der Waals surface area contributed by atoms with Gasteiger partial charge in [0.25, 0.3) is 0 Å². The molecule has 0 spiro atoms. The van der Waals surface area contributed by atoms with Crippen LogP contribution in [-0.2, 0) is 4.79 Å². The number of hydrogen-bond acceptors (Lipinski definition) is 2. The van der Waals surface area contributed by atoms with Crippen LogP contribution in [0.4, 0.5) is 11.4 Å². The highest BCUT2D eigenvalue weighted by molar-refractivity contribution is 6.18. The molecule has 4 heteroatoms. The van der Waals surface area contributed by atoms with Gasteiger partial charge in [-0.25, -0.2) is 0 Å². The van der Waals surface area contributed by atoms with E-state index in [-0.39, 0.29) is 11.8 Å². The van der Waals surface area contributed by atoms with Crippen molar-refractivity contribution in [2.75, 3.05) is 36.3 Å². The molecular formula is C13H17ClN2O. The Labute approximate surface area is 107 Å². The molecule has 92 valence electrons. The smallest absolute Gasteiger partial charge is 0.227 e. The van der Waals surface area contributed by atoms with Crippen LogP contribution in [0.5, 0.6) is 0 Å². The van der Waals surface area contributed by atoms with Gasteiger partial charge in [0.2, 0.25) is 5.91 Å². The van der Waals surface area contributed by atoms with Gasteiger partial charge >= 0.3 is 0 Å². The summed E-state index contributed by atoms with van der Waals surface area (Å²) in [7, 11) is 3.99. The largest absolute Gasteiger partial charge is 0.378 e. The normalized spacial score (nSPS) is 19.8. The maximum absolute atomic E-state index is 11.9. The molecular weight excluding hydrogens is 236 g/mol. The lowest BCUT2D eigenvalue weighted by Crippen LogP contribution is -2.24. The van der Waals surface area contributed by atoms with E-state index in [1.54, 1.807) is 0 Å². The van der Waals surface area contributed by atoms with Gasteiger partial charge in [-0.05, 0) is 24.1 Å². The first-order chi connectivity index (χ1) is 8.11. The standard InChI is InChI=1S/C13H17ClN2O/c1-15(2)11-4-3-5-12(7-11)16-9-10(8-14)6-13(16)17/h3-5,7,10H,6,8-9H2,1-2H3. The molecule has 1 saturated heterocycles. The number of rotatable bonds is 3. The summed E-state index contributed by atoms with van der Waals surface area (Å²) in [5.74, 6) is 1.01. The highest BCUT2D eigenvalue weighted by Crippen LogP contribution is 2.28. The Hall–Kier alpha value is -1.22. The molecule has 0 bridgehead atoms. The predicted octanol–water partition coefficient (Wildman–Crippen LogP) is 2.34.